The van der Waals surface area contributed by atoms with Crippen LogP contribution in [-0.2, 0) is 10.0 Å². The van der Waals surface area contributed by atoms with Gasteiger partial charge in [0.2, 0.25) is 10.0 Å². The van der Waals surface area contributed by atoms with Crippen LogP contribution >= 0.6 is 12.2 Å². The van der Waals surface area contributed by atoms with Crippen LogP contribution in [-0.4, -0.2) is 44.0 Å². The number of likely N-dealkylation sites (tertiary alicyclic amines) is 1. The Morgan fingerprint density at radius 1 is 1.33 bits per heavy atom. The second-order valence-electron chi connectivity index (χ2n) is 5.45. The SMILES string of the molecule is Cc1ccc(S(=O)(=O)NC2CCN(CC(N)=S)CC2)cc1. The molecule has 0 aliphatic carbocycles. The van der Waals surface area contributed by atoms with Gasteiger partial charge in [-0.05, 0) is 31.9 Å². The average Bonchev–Trinajstić information content (AvgIpc) is 2.40. The molecule has 1 aromatic carbocycles. The van der Waals surface area contributed by atoms with E-state index < -0.39 is 10.0 Å². The van der Waals surface area contributed by atoms with Crippen molar-refractivity contribution in [2.24, 2.45) is 5.73 Å². The maximum Gasteiger partial charge on any atom is 0.240 e. The lowest BCUT2D eigenvalue weighted by Crippen LogP contribution is -2.46. The second-order valence-corrected chi connectivity index (χ2v) is 7.69. The molecule has 1 aliphatic heterocycles. The zero-order valence-electron chi connectivity index (χ0n) is 12.1. The summed E-state index contributed by atoms with van der Waals surface area (Å²) >= 11 is 4.89. The van der Waals surface area contributed by atoms with E-state index in [1.165, 1.54) is 0 Å². The number of hydrogen-bond acceptors (Lipinski definition) is 4. The van der Waals surface area contributed by atoms with Crippen LogP contribution in [0.3, 0.4) is 0 Å². The molecule has 0 radical (unpaired) electrons. The molecule has 3 N–H and O–H groups in total. The summed E-state index contributed by atoms with van der Waals surface area (Å²) in [7, 11) is -3.44. The van der Waals surface area contributed by atoms with Gasteiger partial charge in [-0.3, -0.25) is 4.90 Å². The molecule has 1 aliphatic rings. The van der Waals surface area contributed by atoms with Crippen molar-refractivity contribution in [3.8, 4) is 0 Å². The monoisotopic (exact) mass is 327 g/mol. The van der Waals surface area contributed by atoms with E-state index in [2.05, 4.69) is 9.62 Å². The van der Waals surface area contributed by atoms with Crippen LogP contribution in [0.25, 0.3) is 0 Å². The van der Waals surface area contributed by atoms with Gasteiger partial charge in [-0.1, -0.05) is 29.9 Å². The molecule has 0 bridgehead atoms. The molecule has 0 amide bonds. The number of aryl methyl sites for hydroxylation is 1. The van der Waals surface area contributed by atoms with Gasteiger partial charge in [0.05, 0.1) is 9.88 Å². The van der Waals surface area contributed by atoms with Crippen molar-refractivity contribution in [3.05, 3.63) is 29.8 Å². The third-order valence-electron chi connectivity index (χ3n) is 3.62. The van der Waals surface area contributed by atoms with Crippen LogP contribution in [0.15, 0.2) is 29.2 Å². The number of nitrogens with zero attached hydrogens (tertiary/aromatic N) is 1. The summed E-state index contributed by atoms with van der Waals surface area (Å²) in [6, 6.07) is 6.86. The van der Waals surface area contributed by atoms with E-state index in [0.29, 0.717) is 16.4 Å². The summed E-state index contributed by atoms with van der Waals surface area (Å²) in [6.45, 7) is 4.14. The van der Waals surface area contributed by atoms with Crippen LogP contribution in [0.1, 0.15) is 18.4 Å². The summed E-state index contributed by atoms with van der Waals surface area (Å²) in [6.07, 6.45) is 1.54. The Bertz CT molecular complexity index is 591. The Morgan fingerprint density at radius 2 is 1.90 bits per heavy atom. The lowest BCUT2D eigenvalue weighted by Gasteiger charge is -2.31. The van der Waals surface area contributed by atoms with Crippen molar-refractivity contribution in [2.45, 2.75) is 30.7 Å². The predicted molar refractivity (Wildman–Crippen MR) is 87.7 cm³/mol. The van der Waals surface area contributed by atoms with Gasteiger partial charge >= 0.3 is 0 Å². The number of piperidine rings is 1. The van der Waals surface area contributed by atoms with Crippen LogP contribution in [0, 0.1) is 6.92 Å². The topological polar surface area (TPSA) is 75.4 Å². The smallest absolute Gasteiger partial charge is 0.240 e. The zero-order valence-corrected chi connectivity index (χ0v) is 13.7. The number of sulfonamides is 1. The molecule has 1 heterocycles. The van der Waals surface area contributed by atoms with Crippen molar-refractivity contribution < 1.29 is 8.42 Å². The number of thiocarbonyl (C=S) groups is 1. The van der Waals surface area contributed by atoms with Crippen LogP contribution in [0.5, 0.6) is 0 Å². The highest BCUT2D eigenvalue weighted by Crippen LogP contribution is 2.15. The molecule has 21 heavy (non-hydrogen) atoms. The second kappa shape index (κ2) is 6.83. The highest BCUT2D eigenvalue weighted by Gasteiger charge is 2.24. The molecule has 0 atom stereocenters. The number of nitrogens with two attached hydrogens (primary N) is 1. The summed E-state index contributed by atoms with van der Waals surface area (Å²) in [5.41, 5.74) is 6.57. The van der Waals surface area contributed by atoms with Crippen molar-refractivity contribution >= 4 is 27.2 Å². The first kappa shape index (κ1) is 16.4. The first-order valence-electron chi connectivity index (χ1n) is 6.96. The van der Waals surface area contributed by atoms with Crippen LogP contribution in [0.4, 0.5) is 0 Å². The van der Waals surface area contributed by atoms with Crippen molar-refractivity contribution in [1.82, 2.24) is 9.62 Å². The van der Waals surface area contributed by atoms with Crippen molar-refractivity contribution in [2.75, 3.05) is 19.6 Å². The number of hydrogen-bond donors (Lipinski definition) is 2. The van der Waals surface area contributed by atoms with Gasteiger partial charge in [-0.25, -0.2) is 13.1 Å². The number of benzene rings is 1. The fourth-order valence-corrected chi connectivity index (χ4v) is 3.92. The van der Waals surface area contributed by atoms with Gasteiger partial charge in [-0.2, -0.15) is 0 Å². The summed E-state index contributed by atoms with van der Waals surface area (Å²) in [4.78, 5) is 2.95. The highest BCUT2D eigenvalue weighted by molar-refractivity contribution is 7.89. The maximum absolute atomic E-state index is 12.3. The van der Waals surface area contributed by atoms with Gasteiger partial charge < -0.3 is 5.73 Å². The Labute approximate surface area is 131 Å². The number of nitrogens with one attached hydrogen (secondary N) is 1. The summed E-state index contributed by atoms with van der Waals surface area (Å²) in [5.74, 6) is 0. The van der Waals surface area contributed by atoms with Crippen molar-refractivity contribution in [1.29, 1.82) is 0 Å². The van der Waals surface area contributed by atoms with Crippen LogP contribution < -0.4 is 10.5 Å². The van der Waals surface area contributed by atoms with Gasteiger partial charge in [0, 0.05) is 25.7 Å². The molecule has 7 heteroatoms. The van der Waals surface area contributed by atoms with Gasteiger partial charge in [0.25, 0.3) is 0 Å². The first-order chi connectivity index (χ1) is 9.87. The molecule has 5 nitrogen and oxygen atoms in total. The molecule has 0 aromatic heterocycles. The lowest BCUT2D eigenvalue weighted by molar-refractivity contribution is 0.233. The van der Waals surface area contributed by atoms with E-state index in [9.17, 15) is 8.42 Å². The molecule has 1 saturated heterocycles. The Kier molecular flexibility index (Phi) is 5.32. The highest BCUT2D eigenvalue weighted by atomic mass is 32.2. The lowest BCUT2D eigenvalue weighted by atomic mass is 10.1. The molecular weight excluding hydrogens is 306 g/mol. The molecule has 1 fully saturated rings. The van der Waals surface area contributed by atoms with E-state index >= 15 is 0 Å². The summed E-state index contributed by atoms with van der Waals surface area (Å²) in [5, 5.41) is 0. The standard InChI is InChI=1S/C14H21N3O2S2/c1-11-2-4-13(5-3-11)21(18,19)16-12-6-8-17(9-7-12)10-14(15)20/h2-5,12,16H,6-10H2,1H3,(H2,15,20). The molecule has 0 unspecified atom stereocenters. The molecule has 0 spiro atoms. The number of rotatable bonds is 5. The molecule has 1 aromatic rings. The zero-order chi connectivity index (χ0) is 15.5. The normalized spacial score (nSPS) is 17.8. The quantitative estimate of drug-likeness (QED) is 0.790. The molecule has 116 valence electrons. The van der Waals surface area contributed by atoms with E-state index in [1.54, 1.807) is 24.3 Å². The fraction of sp³-hybridized carbons (Fsp3) is 0.500. The third-order valence-corrected chi connectivity index (χ3v) is 5.29. The third kappa shape index (κ3) is 4.74. The minimum absolute atomic E-state index is 0.0288. The Hall–Kier alpha value is -1.02. The largest absolute Gasteiger partial charge is 0.392 e. The average molecular weight is 327 g/mol. The van der Waals surface area contributed by atoms with Gasteiger partial charge in [0.1, 0.15) is 0 Å². The molecule has 0 saturated carbocycles. The van der Waals surface area contributed by atoms with E-state index in [0.717, 1.165) is 31.5 Å². The maximum atomic E-state index is 12.3. The summed E-state index contributed by atoms with van der Waals surface area (Å²) < 4.78 is 27.4. The van der Waals surface area contributed by atoms with Gasteiger partial charge in [-0.15, -0.1) is 0 Å². The fourth-order valence-electron chi connectivity index (χ4n) is 2.43. The van der Waals surface area contributed by atoms with E-state index in [-0.39, 0.29) is 6.04 Å². The minimum Gasteiger partial charge on any atom is -0.392 e. The van der Waals surface area contributed by atoms with Crippen molar-refractivity contribution in [3.63, 3.8) is 0 Å². The van der Waals surface area contributed by atoms with E-state index in [4.69, 9.17) is 18.0 Å². The van der Waals surface area contributed by atoms with Crippen LogP contribution in [0.2, 0.25) is 0 Å². The minimum atomic E-state index is -3.44. The van der Waals surface area contributed by atoms with Gasteiger partial charge in [0.15, 0.2) is 0 Å². The Morgan fingerprint density at radius 3 is 2.43 bits per heavy atom. The molecule has 2 rings (SSSR count). The Balaban J connectivity index is 1.93. The van der Waals surface area contributed by atoms with E-state index in [1.807, 2.05) is 6.92 Å². The first-order valence-corrected chi connectivity index (χ1v) is 8.85. The molecular formula is C14H21N3O2S2. The predicted octanol–water partition coefficient (Wildman–Crippen LogP) is 1.02.